The molecule has 0 bridgehead atoms. The van der Waals surface area contributed by atoms with Crippen molar-refractivity contribution in [3.63, 3.8) is 0 Å². The number of rotatable bonds is 4. The Balaban J connectivity index is 1.93. The van der Waals surface area contributed by atoms with Gasteiger partial charge in [0.1, 0.15) is 0 Å². The van der Waals surface area contributed by atoms with Crippen molar-refractivity contribution >= 4 is 5.91 Å². The van der Waals surface area contributed by atoms with Gasteiger partial charge in [0.25, 0.3) is 0 Å². The van der Waals surface area contributed by atoms with Crippen LogP contribution in [0.25, 0.3) is 0 Å². The van der Waals surface area contributed by atoms with Crippen molar-refractivity contribution in [1.29, 1.82) is 0 Å². The van der Waals surface area contributed by atoms with Crippen molar-refractivity contribution in [3.05, 3.63) is 0 Å². The molecule has 116 valence electrons. The van der Waals surface area contributed by atoms with Gasteiger partial charge in [-0.2, -0.15) is 0 Å². The van der Waals surface area contributed by atoms with Crippen LogP contribution >= 0.6 is 0 Å². The summed E-state index contributed by atoms with van der Waals surface area (Å²) in [6, 6.07) is 0. The van der Waals surface area contributed by atoms with Crippen molar-refractivity contribution in [2.75, 3.05) is 26.3 Å². The van der Waals surface area contributed by atoms with Crippen LogP contribution in [0.4, 0.5) is 0 Å². The lowest BCUT2D eigenvalue weighted by Crippen LogP contribution is -2.46. The molecule has 3 heteroatoms. The maximum atomic E-state index is 12.6. The van der Waals surface area contributed by atoms with Gasteiger partial charge < -0.3 is 9.64 Å². The van der Waals surface area contributed by atoms with Crippen LogP contribution in [0.2, 0.25) is 0 Å². The predicted molar refractivity (Wildman–Crippen MR) is 81.5 cm³/mol. The molecule has 2 unspecified atom stereocenters. The standard InChI is InChI=1S/C17H31NO2/c1-4-16(13(2)3)15-6-5-9-18(12-15)17(19)14-7-10-20-11-8-14/h13-16H,4-12H2,1-3H3. The minimum absolute atomic E-state index is 0.224. The van der Waals surface area contributed by atoms with E-state index in [-0.39, 0.29) is 5.92 Å². The lowest BCUT2D eigenvalue weighted by molar-refractivity contribution is -0.141. The van der Waals surface area contributed by atoms with E-state index in [9.17, 15) is 4.79 Å². The maximum absolute atomic E-state index is 12.6. The van der Waals surface area contributed by atoms with E-state index in [4.69, 9.17) is 4.74 Å². The third-order valence-electron chi connectivity index (χ3n) is 5.27. The largest absolute Gasteiger partial charge is 0.381 e. The molecule has 0 aromatic carbocycles. The number of ether oxygens (including phenoxy) is 1. The molecule has 0 radical (unpaired) electrons. The molecule has 2 heterocycles. The van der Waals surface area contributed by atoms with Crippen LogP contribution in [0.1, 0.15) is 52.9 Å². The third-order valence-corrected chi connectivity index (χ3v) is 5.27. The summed E-state index contributed by atoms with van der Waals surface area (Å²) in [7, 11) is 0. The topological polar surface area (TPSA) is 29.5 Å². The second-order valence-corrected chi connectivity index (χ2v) is 6.89. The molecule has 0 N–H and O–H groups in total. The molecule has 0 aromatic rings. The molecule has 0 aromatic heterocycles. The summed E-state index contributed by atoms with van der Waals surface area (Å²) < 4.78 is 5.37. The number of carbonyl (C=O) groups is 1. The summed E-state index contributed by atoms with van der Waals surface area (Å²) in [6.45, 7) is 10.4. The van der Waals surface area contributed by atoms with Crippen LogP contribution in [0.5, 0.6) is 0 Å². The molecule has 1 amide bonds. The quantitative estimate of drug-likeness (QED) is 0.791. The number of hydrogen-bond donors (Lipinski definition) is 0. The molecule has 3 nitrogen and oxygen atoms in total. The third kappa shape index (κ3) is 3.75. The fourth-order valence-corrected chi connectivity index (χ4v) is 4.11. The maximum Gasteiger partial charge on any atom is 0.225 e. The SMILES string of the molecule is CCC(C(C)C)C1CCCN(C(=O)C2CCOCC2)C1. The molecule has 0 aliphatic carbocycles. The number of nitrogens with zero attached hydrogens (tertiary/aromatic N) is 1. The summed E-state index contributed by atoms with van der Waals surface area (Å²) in [5, 5.41) is 0. The molecule has 0 spiro atoms. The molecular formula is C17H31NO2. The Morgan fingerprint density at radius 3 is 2.55 bits per heavy atom. The highest BCUT2D eigenvalue weighted by Crippen LogP contribution is 2.32. The van der Waals surface area contributed by atoms with Gasteiger partial charge in [0.05, 0.1) is 0 Å². The smallest absolute Gasteiger partial charge is 0.225 e. The molecule has 2 aliphatic heterocycles. The fourth-order valence-electron chi connectivity index (χ4n) is 4.11. The number of hydrogen-bond acceptors (Lipinski definition) is 2. The molecule has 20 heavy (non-hydrogen) atoms. The Morgan fingerprint density at radius 2 is 1.95 bits per heavy atom. The van der Waals surface area contributed by atoms with Crippen LogP contribution in [-0.4, -0.2) is 37.1 Å². The van der Waals surface area contributed by atoms with Crippen LogP contribution in [0.15, 0.2) is 0 Å². The lowest BCUT2D eigenvalue weighted by Gasteiger charge is -2.40. The summed E-state index contributed by atoms with van der Waals surface area (Å²) in [6.07, 6.45) is 5.56. The first-order valence-electron chi connectivity index (χ1n) is 8.50. The first-order valence-corrected chi connectivity index (χ1v) is 8.50. The molecule has 2 rings (SSSR count). The minimum atomic E-state index is 0.224. The van der Waals surface area contributed by atoms with E-state index in [0.29, 0.717) is 11.8 Å². The Hall–Kier alpha value is -0.570. The highest BCUT2D eigenvalue weighted by molar-refractivity contribution is 5.79. The lowest BCUT2D eigenvalue weighted by atomic mass is 9.77. The van der Waals surface area contributed by atoms with E-state index >= 15 is 0 Å². The van der Waals surface area contributed by atoms with Crippen molar-refractivity contribution in [3.8, 4) is 0 Å². The second kappa shape index (κ2) is 7.44. The van der Waals surface area contributed by atoms with E-state index in [0.717, 1.165) is 51.0 Å². The molecule has 0 saturated carbocycles. The summed E-state index contributed by atoms with van der Waals surface area (Å²) in [5.74, 6) is 2.82. The minimum Gasteiger partial charge on any atom is -0.381 e. The van der Waals surface area contributed by atoms with Crippen LogP contribution in [0.3, 0.4) is 0 Å². The zero-order valence-corrected chi connectivity index (χ0v) is 13.4. The van der Waals surface area contributed by atoms with Crippen molar-refractivity contribution in [1.82, 2.24) is 4.90 Å². The van der Waals surface area contributed by atoms with Crippen LogP contribution in [0, 0.1) is 23.7 Å². The highest BCUT2D eigenvalue weighted by atomic mass is 16.5. The van der Waals surface area contributed by atoms with Gasteiger partial charge >= 0.3 is 0 Å². The number of carbonyl (C=O) groups excluding carboxylic acids is 1. The molecule has 2 atom stereocenters. The molecule has 2 fully saturated rings. The van der Waals surface area contributed by atoms with Gasteiger partial charge in [0.2, 0.25) is 5.91 Å². The van der Waals surface area contributed by atoms with Crippen LogP contribution in [-0.2, 0) is 9.53 Å². The van der Waals surface area contributed by atoms with E-state index in [1.165, 1.54) is 19.3 Å². The summed E-state index contributed by atoms with van der Waals surface area (Å²) in [5.41, 5.74) is 0. The van der Waals surface area contributed by atoms with Crippen molar-refractivity contribution < 1.29 is 9.53 Å². The Kier molecular flexibility index (Phi) is 5.88. The average Bonchev–Trinajstić information content (AvgIpc) is 2.48. The summed E-state index contributed by atoms with van der Waals surface area (Å²) in [4.78, 5) is 14.8. The van der Waals surface area contributed by atoms with E-state index in [1.807, 2.05) is 0 Å². The van der Waals surface area contributed by atoms with Gasteiger partial charge in [-0.05, 0) is 43.4 Å². The molecular weight excluding hydrogens is 250 g/mol. The zero-order valence-electron chi connectivity index (χ0n) is 13.4. The first kappa shape index (κ1) is 15.8. The van der Waals surface area contributed by atoms with Gasteiger partial charge in [-0.15, -0.1) is 0 Å². The summed E-state index contributed by atoms with van der Waals surface area (Å²) >= 11 is 0. The Bertz CT molecular complexity index is 310. The number of piperidine rings is 1. The van der Waals surface area contributed by atoms with Crippen molar-refractivity contribution in [2.45, 2.75) is 52.9 Å². The monoisotopic (exact) mass is 281 g/mol. The van der Waals surface area contributed by atoms with E-state index in [1.54, 1.807) is 0 Å². The number of likely N-dealkylation sites (tertiary alicyclic amines) is 1. The normalized spacial score (nSPS) is 26.8. The Morgan fingerprint density at radius 1 is 1.25 bits per heavy atom. The van der Waals surface area contributed by atoms with Gasteiger partial charge in [-0.25, -0.2) is 0 Å². The Labute approximate surface area is 124 Å². The highest BCUT2D eigenvalue weighted by Gasteiger charge is 2.33. The predicted octanol–water partition coefficient (Wildman–Crippen LogP) is 3.33. The number of amides is 1. The molecule has 2 saturated heterocycles. The zero-order chi connectivity index (χ0) is 14.5. The van der Waals surface area contributed by atoms with Crippen LogP contribution < -0.4 is 0 Å². The van der Waals surface area contributed by atoms with Gasteiger partial charge in [-0.1, -0.05) is 27.2 Å². The fraction of sp³-hybridized carbons (Fsp3) is 0.941. The molecule has 2 aliphatic rings. The van der Waals surface area contributed by atoms with Gasteiger partial charge in [0.15, 0.2) is 0 Å². The van der Waals surface area contributed by atoms with E-state index < -0.39 is 0 Å². The second-order valence-electron chi connectivity index (χ2n) is 6.89. The van der Waals surface area contributed by atoms with Gasteiger partial charge in [0, 0.05) is 32.2 Å². The first-order chi connectivity index (χ1) is 9.63. The van der Waals surface area contributed by atoms with Crippen molar-refractivity contribution in [2.24, 2.45) is 23.7 Å². The van der Waals surface area contributed by atoms with E-state index in [2.05, 4.69) is 25.7 Å². The average molecular weight is 281 g/mol. The van der Waals surface area contributed by atoms with Gasteiger partial charge in [-0.3, -0.25) is 4.79 Å².